The second-order valence-corrected chi connectivity index (χ2v) is 10.2. The number of hydrogen-bond donors (Lipinski definition) is 1. The van der Waals surface area contributed by atoms with E-state index in [0.29, 0.717) is 40.9 Å². The average Bonchev–Trinajstić information content (AvgIpc) is 2.92. The number of alkyl halides is 3. The molecule has 216 valence electrons. The molecule has 0 amide bonds. The van der Waals surface area contributed by atoms with Crippen LogP contribution in [-0.4, -0.2) is 52.5 Å². The lowest BCUT2D eigenvalue weighted by Crippen LogP contribution is -2.81. The highest BCUT2D eigenvalue weighted by Gasteiger charge is 2.66. The molecular weight excluding hydrogens is 522 g/mol. The van der Waals surface area contributed by atoms with Crippen molar-refractivity contribution in [1.82, 2.24) is 14.9 Å². The number of likely N-dealkylation sites (tertiary alicyclic amines) is 1. The number of rotatable bonds is 8. The van der Waals surface area contributed by atoms with Crippen LogP contribution in [-0.2, 0) is 6.18 Å². The van der Waals surface area contributed by atoms with E-state index in [1.807, 2.05) is 26.8 Å². The van der Waals surface area contributed by atoms with Crippen LogP contribution in [0.1, 0.15) is 75.5 Å². The zero-order valence-electron chi connectivity index (χ0n) is 23.8. The summed E-state index contributed by atoms with van der Waals surface area (Å²) < 4.78 is 51.3. The Morgan fingerprint density at radius 3 is 2.52 bits per heavy atom. The van der Waals surface area contributed by atoms with E-state index in [0.717, 1.165) is 37.2 Å². The smallest absolute Gasteiger partial charge is 0.364 e. The molecule has 4 unspecified atom stereocenters. The van der Waals surface area contributed by atoms with Crippen molar-refractivity contribution in [2.24, 2.45) is 10.4 Å². The number of aromatic nitrogens is 2. The maximum absolute atomic E-state index is 14.0. The first-order chi connectivity index (χ1) is 18.9. The first-order valence-corrected chi connectivity index (χ1v) is 13.4. The third-order valence-electron chi connectivity index (χ3n) is 8.21. The maximum Gasteiger partial charge on any atom is 0.434 e. The minimum absolute atomic E-state index is 0.234. The summed E-state index contributed by atoms with van der Waals surface area (Å²) in [6.07, 6.45) is 6.27. The monoisotopic (exact) mass is 559 g/mol. The molecule has 1 saturated carbocycles. The summed E-state index contributed by atoms with van der Waals surface area (Å²) in [4.78, 5) is 24.9. The molecule has 2 heterocycles. The van der Waals surface area contributed by atoms with Crippen molar-refractivity contribution in [3.8, 4) is 0 Å². The Morgan fingerprint density at radius 1 is 1.25 bits per heavy atom. The molecule has 6 nitrogen and oxygen atoms in total. The molecule has 2 fully saturated rings. The maximum atomic E-state index is 14.0. The van der Waals surface area contributed by atoms with Crippen molar-refractivity contribution < 1.29 is 22.4 Å². The van der Waals surface area contributed by atoms with Crippen LogP contribution < -0.4 is 5.32 Å². The molecule has 2 aromatic rings. The van der Waals surface area contributed by atoms with Crippen molar-refractivity contribution in [2.75, 3.05) is 12.4 Å². The van der Waals surface area contributed by atoms with E-state index >= 15 is 0 Å². The summed E-state index contributed by atoms with van der Waals surface area (Å²) in [5, 5.41) is 3.22. The number of aliphatic imine (C=N–C) groups is 1. The Balaban J connectivity index is 0.000000222. The van der Waals surface area contributed by atoms with E-state index in [1.165, 1.54) is 12.1 Å². The fourth-order valence-electron chi connectivity index (χ4n) is 5.72. The van der Waals surface area contributed by atoms with Crippen LogP contribution in [0.3, 0.4) is 0 Å². The van der Waals surface area contributed by atoms with Gasteiger partial charge in [-0.15, -0.1) is 0 Å². The zero-order valence-corrected chi connectivity index (χ0v) is 23.8. The summed E-state index contributed by atoms with van der Waals surface area (Å²) >= 11 is 0. The molecule has 1 N–H and O–H groups in total. The van der Waals surface area contributed by atoms with Crippen molar-refractivity contribution in [3.05, 3.63) is 71.0 Å². The number of carbonyl (C=O) groups is 1. The first-order valence-electron chi connectivity index (χ1n) is 13.4. The van der Waals surface area contributed by atoms with Gasteiger partial charge in [-0.05, 0) is 64.8 Å². The largest absolute Gasteiger partial charge is 0.434 e. The summed E-state index contributed by atoms with van der Waals surface area (Å²) in [6, 6.07) is 5.69. The van der Waals surface area contributed by atoms with Gasteiger partial charge in [-0.2, -0.15) is 13.2 Å². The number of nitrogens with zero attached hydrogens (tertiary/aromatic N) is 4. The second kappa shape index (κ2) is 12.8. The third kappa shape index (κ3) is 6.16. The van der Waals surface area contributed by atoms with E-state index in [-0.39, 0.29) is 11.6 Å². The minimum atomic E-state index is -4.44. The molecule has 0 bridgehead atoms. The third-order valence-corrected chi connectivity index (χ3v) is 8.21. The number of anilines is 1. The van der Waals surface area contributed by atoms with Gasteiger partial charge in [0.05, 0.1) is 18.1 Å². The van der Waals surface area contributed by atoms with Crippen LogP contribution in [0.25, 0.3) is 5.70 Å². The minimum Gasteiger partial charge on any atom is -0.364 e. The highest BCUT2D eigenvalue weighted by atomic mass is 19.4. The van der Waals surface area contributed by atoms with Gasteiger partial charge in [0.25, 0.3) is 0 Å². The van der Waals surface area contributed by atoms with E-state index in [2.05, 4.69) is 46.1 Å². The van der Waals surface area contributed by atoms with Gasteiger partial charge in [-0.25, -0.2) is 14.4 Å². The Kier molecular flexibility index (Phi) is 10.00. The molecule has 1 aliphatic heterocycles. The number of halogens is 4. The van der Waals surface area contributed by atoms with Gasteiger partial charge in [0.2, 0.25) is 0 Å². The summed E-state index contributed by atoms with van der Waals surface area (Å²) in [7, 11) is 2.09. The standard InChI is InChI=1S/C16H18FNO.C14H19F3N4/c1-4-6-10-18-16(12(3)5-2)15-13(11-19)8-7-9-14(15)17;1-4-13-5-9(12(13)21(3)8(13)2)20-11-7-18-10(6-19-11)14(15,16)17/h4,6-11H,5H2,1-3H3;6-9,12H,4-5H2,1-3H3,(H,19,20)/b6-4-,16-12+,18-10+;. The van der Waals surface area contributed by atoms with Gasteiger partial charge in [-0.3, -0.25) is 14.7 Å². The number of benzene rings is 1. The molecule has 1 aromatic carbocycles. The van der Waals surface area contributed by atoms with E-state index < -0.39 is 17.7 Å². The topological polar surface area (TPSA) is 70.5 Å². The predicted molar refractivity (Wildman–Crippen MR) is 151 cm³/mol. The van der Waals surface area contributed by atoms with Crippen LogP contribution in [0.2, 0.25) is 0 Å². The van der Waals surface area contributed by atoms with Gasteiger partial charge in [0.1, 0.15) is 11.6 Å². The number of hydrogen-bond acceptors (Lipinski definition) is 6. The molecule has 0 radical (unpaired) electrons. The molecule has 10 heteroatoms. The molecule has 1 aromatic heterocycles. The van der Waals surface area contributed by atoms with Crippen LogP contribution in [0.4, 0.5) is 23.4 Å². The number of nitrogens with one attached hydrogen (secondary N) is 1. The lowest BCUT2D eigenvalue weighted by molar-refractivity contribution is -0.195. The van der Waals surface area contributed by atoms with Gasteiger partial charge < -0.3 is 5.32 Å². The Hall–Kier alpha value is -3.40. The number of aldehydes is 1. The van der Waals surface area contributed by atoms with Crippen LogP contribution >= 0.6 is 0 Å². The molecule has 4 rings (SSSR count). The highest BCUT2D eigenvalue weighted by molar-refractivity contribution is 5.89. The number of allylic oxidation sites excluding steroid dienone is 3. The van der Waals surface area contributed by atoms with Crippen molar-refractivity contribution in [1.29, 1.82) is 0 Å². The summed E-state index contributed by atoms with van der Waals surface area (Å²) in [5.41, 5.74) is 1.46. The molecule has 2 aliphatic rings. The molecule has 40 heavy (non-hydrogen) atoms. The Morgan fingerprint density at radius 2 is 1.98 bits per heavy atom. The number of carbonyl (C=O) groups excluding carboxylic acids is 1. The van der Waals surface area contributed by atoms with Crippen molar-refractivity contribution >= 4 is 24.0 Å². The number of likely N-dealkylation sites (N-methyl/N-ethyl adjacent to an activating group) is 1. The molecule has 0 spiro atoms. The second-order valence-electron chi connectivity index (χ2n) is 10.2. The zero-order chi connectivity index (χ0) is 29.7. The van der Waals surface area contributed by atoms with Crippen molar-refractivity contribution in [3.63, 3.8) is 0 Å². The van der Waals surface area contributed by atoms with E-state index in [9.17, 15) is 22.4 Å². The first kappa shape index (κ1) is 31.1. The molecule has 1 aliphatic carbocycles. The SMILES string of the molecule is CCC12CC(Nc3cnc(C(F)(F)F)cn3)C1N(C)C2C.C\C=C/C=N/C(=C(\C)CC)c1c(F)cccc1C=O. The summed E-state index contributed by atoms with van der Waals surface area (Å²) in [6.45, 7) is 10.2. The molecular formula is C30H37F4N5O. The Bertz CT molecular complexity index is 1270. The fraction of sp³-hybridized carbons (Fsp3) is 0.467. The lowest BCUT2D eigenvalue weighted by Gasteiger charge is -2.72. The van der Waals surface area contributed by atoms with Gasteiger partial charge in [-0.1, -0.05) is 32.1 Å². The highest BCUT2D eigenvalue weighted by Crippen LogP contribution is 2.59. The van der Waals surface area contributed by atoms with Gasteiger partial charge in [0.15, 0.2) is 12.0 Å². The van der Waals surface area contributed by atoms with Gasteiger partial charge in [0, 0.05) is 40.9 Å². The normalized spacial score (nSPS) is 24.9. The predicted octanol–water partition coefficient (Wildman–Crippen LogP) is 7.20. The average molecular weight is 560 g/mol. The van der Waals surface area contributed by atoms with Gasteiger partial charge >= 0.3 is 6.18 Å². The molecule has 1 saturated heterocycles. The fourth-order valence-corrected chi connectivity index (χ4v) is 5.72. The number of piperidine rings is 1. The van der Waals surface area contributed by atoms with Crippen molar-refractivity contribution in [2.45, 2.75) is 78.2 Å². The van der Waals surface area contributed by atoms with Crippen LogP contribution in [0.5, 0.6) is 0 Å². The van der Waals surface area contributed by atoms with Crippen LogP contribution in [0, 0.1) is 11.2 Å². The summed E-state index contributed by atoms with van der Waals surface area (Å²) in [5.74, 6) is -0.0179. The van der Waals surface area contributed by atoms with Crippen LogP contribution in [0.15, 0.2) is 53.3 Å². The number of fused-ring (bicyclic) bond motifs is 1. The lowest BCUT2D eigenvalue weighted by atomic mass is 9.49. The van der Waals surface area contributed by atoms with E-state index in [1.54, 1.807) is 18.4 Å². The molecule has 4 atom stereocenters. The Labute approximate surface area is 233 Å². The van der Waals surface area contributed by atoms with E-state index in [4.69, 9.17) is 0 Å². The quantitative estimate of drug-likeness (QED) is 0.210.